The summed E-state index contributed by atoms with van der Waals surface area (Å²) in [4.78, 5) is 2.39. The Bertz CT molecular complexity index is 2500. The van der Waals surface area contributed by atoms with Gasteiger partial charge in [-0.15, -0.1) is 11.3 Å². The first-order chi connectivity index (χ1) is 21.8. The summed E-state index contributed by atoms with van der Waals surface area (Å²) in [6.07, 6.45) is 0. The summed E-state index contributed by atoms with van der Waals surface area (Å²) in [6.45, 7) is 0. The van der Waals surface area contributed by atoms with Crippen molar-refractivity contribution >= 4 is 80.9 Å². The summed E-state index contributed by atoms with van der Waals surface area (Å²) in [5.74, 6) is 0. The van der Waals surface area contributed by atoms with Gasteiger partial charge in [-0.1, -0.05) is 121 Å². The molecule has 0 spiro atoms. The molecule has 44 heavy (non-hydrogen) atoms. The SMILES string of the molecule is c1ccc2cc(N(c3ccc(-c4cccc5ccccc45)cc3)c3ccc4c(c3)sc3ccc5ccccc5c34)ccc2c1. The second-order valence-corrected chi connectivity index (χ2v) is 12.5. The molecule has 9 rings (SSSR count). The average Bonchev–Trinajstić information content (AvgIpc) is 3.47. The standard InChI is InChI=1S/C42H27NS/c1-2-11-32-26-34(22-16-28(32)8-1)43(33-20-17-31(18-21-33)37-15-7-12-29-9-3-5-13-36(29)37)35-23-24-39-41(27-35)44-40-25-19-30-10-4-6-14-38(30)42(39)40/h1-27H. The van der Waals surface area contributed by atoms with E-state index in [-0.39, 0.29) is 0 Å². The van der Waals surface area contributed by atoms with Crippen LogP contribution in [-0.4, -0.2) is 0 Å². The fourth-order valence-electron chi connectivity index (χ4n) is 6.70. The van der Waals surface area contributed by atoms with Gasteiger partial charge in [0.1, 0.15) is 0 Å². The lowest BCUT2D eigenvalue weighted by Crippen LogP contribution is -2.09. The molecule has 1 heterocycles. The molecule has 206 valence electrons. The predicted molar refractivity (Wildman–Crippen MR) is 192 cm³/mol. The summed E-state index contributed by atoms with van der Waals surface area (Å²) in [6, 6.07) is 59.7. The second-order valence-electron chi connectivity index (χ2n) is 11.4. The van der Waals surface area contributed by atoms with Crippen molar-refractivity contribution in [2.75, 3.05) is 4.90 Å². The summed E-state index contributed by atoms with van der Waals surface area (Å²) in [5.41, 5.74) is 5.91. The molecule has 0 aliphatic heterocycles. The largest absolute Gasteiger partial charge is 0.310 e. The van der Waals surface area contributed by atoms with E-state index in [0.717, 1.165) is 17.1 Å². The van der Waals surface area contributed by atoms with Gasteiger partial charge in [-0.3, -0.25) is 0 Å². The minimum Gasteiger partial charge on any atom is -0.310 e. The van der Waals surface area contributed by atoms with Gasteiger partial charge in [0.25, 0.3) is 0 Å². The summed E-state index contributed by atoms with van der Waals surface area (Å²) in [7, 11) is 0. The highest BCUT2D eigenvalue weighted by Crippen LogP contribution is 2.43. The van der Waals surface area contributed by atoms with Gasteiger partial charge in [0.2, 0.25) is 0 Å². The fraction of sp³-hybridized carbons (Fsp3) is 0. The summed E-state index contributed by atoms with van der Waals surface area (Å²) >= 11 is 1.88. The van der Waals surface area contributed by atoms with E-state index < -0.39 is 0 Å². The smallest absolute Gasteiger partial charge is 0.0476 e. The van der Waals surface area contributed by atoms with Gasteiger partial charge in [0.15, 0.2) is 0 Å². The minimum absolute atomic E-state index is 1.13. The molecule has 0 radical (unpaired) electrons. The molecule has 1 aromatic heterocycles. The Hall–Kier alpha value is -5.44. The number of nitrogens with zero attached hydrogens (tertiary/aromatic N) is 1. The van der Waals surface area contributed by atoms with Crippen molar-refractivity contribution < 1.29 is 0 Å². The van der Waals surface area contributed by atoms with Crippen LogP contribution in [0.25, 0.3) is 63.6 Å². The Morgan fingerprint density at radius 1 is 0.364 bits per heavy atom. The molecule has 0 bridgehead atoms. The van der Waals surface area contributed by atoms with Crippen LogP contribution in [0.5, 0.6) is 0 Å². The zero-order valence-corrected chi connectivity index (χ0v) is 24.8. The number of hydrogen-bond donors (Lipinski definition) is 0. The second kappa shape index (κ2) is 10.1. The van der Waals surface area contributed by atoms with Gasteiger partial charge in [-0.2, -0.15) is 0 Å². The number of hydrogen-bond acceptors (Lipinski definition) is 2. The van der Waals surface area contributed by atoms with E-state index in [1.165, 1.54) is 63.6 Å². The van der Waals surface area contributed by atoms with E-state index in [9.17, 15) is 0 Å². The molecule has 9 aromatic rings. The molecule has 1 nitrogen and oxygen atoms in total. The topological polar surface area (TPSA) is 3.24 Å². The van der Waals surface area contributed by atoms with Crippen LogP contribution in [0.3, 0.4) is 0 Å². The Labute approximate surface area is 259 Å². The molecule has 0 N–H and O–H groups in total. The molecule has 2 heteroatoms. The van der Waals surface area contributed by atoms with Crippen molar-refractivity contribution in [1.82, 2.24) is 0 Å². The van der Waals surface area contributed by atoms with E-state index in [1.54, 1.807) is 0 Å². The van der Waals surface area contributed by atoms with E-state index in [1.807, 2.05) is 11.3 Å². The Morgan fingerprint density at radius 3 is 1.82 bits per heavy atom. The van der Waals surface area contributed by atoms with Crippen LogP contribution in [0.15, 0.2) is 164 Å². The number of benzene rings is 8. The molecule has 0 atom stereocenters. The molecular formula is C42H27NS. The maximum atomic E-state index is 2.39. The van der Waals surface area contributed by atoms with Crippen molar-refractivity contribution in [3.05, 3.63) is 164 Å². The quantitative estimate of drug-likeness (QED) is 0.201. The third-order valence-corrected chi connectivity index (χ3v) is 9.94. The van der Waals surface area contributed by atoms with Gasteiger partial charge in [0.05, 0.1) is 0 Å². The van der Waals surface area contributed by atoms with Gasteiger partial charge in [-0.25, -0.2) is 0 Å². The number of thiophene rings is 1. The first kappa shape index (κ1) is 25.1. The Morgan fingerprint density at radius 2 is 0.977 bits per heavy atom. The van der Waals surface area contributed by atoms with Crippen LogP contribution in [0.1, 0.15) is 0 Å². The lowest BCUT2D eigenvalue weighted by molar-refractivity contribution is 1.30. The van der Waals surface area contributed by atoms with Crippen molar-refractivity contribution in [2.24, 2.45) is 0 Å². The van der Waals surface area contributed by atoms with Crippen molar-refractivity contribution in [3.8, 4) is 11.1 Å². The molecule has 8 aromatic carbocycles. The van der Waals surface area contributed by atoms with Crippen LogP contribution in [0.2, 0.25) is 0 Å². The first-order valence-electron chi connectivity index (χ1n) is 15.0. The van der Waals surface area contributed by atoms with Gasteiger partial charge >= 0.3 is 0 Å². The molecule has 0 aliphatic rings. The Balaban J connectivity index is 1.22. The van der Waals surface area contributed by atoms with Crippen molar-refractivity contribution in [1.29, 1.82) is 0 Å². The molecular weight excluding hydrogens is 551 g/mol. The maximum absolute atomic E-state index is 2.39. The van der Waals surface area contributed by atoms with Crippen LogP contribution in [0.4, 0.5) is 17.1 Å². The van der Waals surface area contributed by atoms with E-state index in [2.05, 4.69) is 169 Å². The fourth-order valence-corrected chi connectivity index (χ4v) is 7.86. The minimum atomic E-state index is 1.13. The molecule has 0 unspecified atom stereocenters. The molecule has 0 fully saturated rings. The summed E-state index contributed by atoms with van der Waals surface area (Å²) < 4.78 is 2.62. The normalized spacial score (nSPS) is 11.6. The van der Waals surface area contributed by atoms with Crippen LogP contribution >= 0.6 is 11.3 Å². The van der Waals surface area contributed by atoms with Crippen molar-refractivity contribution in [3.63, 3.8) is 0 Å². The molecule has 0 amide bonds. The van der Waals surface area contributed by atoms with Gasteiger partial charge in [0, 0.05) is 37.2 Å². The first-order valence-corrected chi connectivity index (χ1v) is 15.8. The molecule has 0 saturated carbocycles. The highest BCUT2D eigenvalue weighted by Gasteiger charge is 2.16. The van der Waals surface area contributed by atoms with E-state index in [0.29, 0.717) is 0 Å². The third-order valence-electron chi connectivity index (χ3n) is 8.82. The van der Waals surface area contributed by atoms with Crippen LogP contribution < -0.4 is 4.90 Å². The maximum Gasteiger partial charge on any atom is 0.0476 e. The van der Waals surface area contributed by atoms with Crippen LogP contribution in [0, 0.1) is 0 Å². The number of anilines is 3. The zero-order chi connectivity index (χ0) is 29.0. The highest BCUT2D eigenvalue weighted by molar-refractivity contribution is 7.26. The lowest BCUT2D eigenvalue weighted by Gasteiger charge is -2.26. The van der Waals surface area contributed by atoms with E-state index in [4.69, 9.17) is 0 Å². The third kappa shape index (κ3) is 4.07. The average molecular weight is 578 g/mol. The number of fused-ring (bicyclic) bond motifs is 7. The zero-order valence-electron chi connectivity index (χ0n) is 23.9. The summed E-state index contributed by atoms with van der Waals surface area (Å²) in [5, 5.41) is 10.3. The van der Waals surface area contributed by atoms with Crippen molar-refractivity contribution in [2.45, 2.75) is 0 Å². The monoisotopic (exact) mass is 577 g/mol. The molecule has 0 saturated heterocycles. The predicted octanol–water partition coefficient (Wildman–Crippen LogP) is 12.7. The van der Waals surface area contributed by atoms with Gasteiger partial charge < -0.3 is 4.90 Å². The lowest BCUT2D eigenvalue weighted by atomic mass is 9.98. The van der Waals surface area contributed by atoms with E-state index >= 15 is 0 Å². The molecule has 0 aliphatic carbocycles. The highest BCUT2D eigenvalue weighted by atomic mass is 32.1. The Kier molecular flexibility index (Phi) is 5.75. The van der Waals surface area contributed by atoms with Crippen LogP contribution in [-0.2, 0) is 0 Å². The van der Waals surface area contributed by atoms with Gasteiger partial charge in [-0.05, 0) is 85.9 Å². The number of rotatable bonds is 4.